The highest BCUT2D eigenvalue weighted by molar-refractivity contribution is 6.18. The number of halogens is 1. The van der Waals surface area contributed by atoms with E-state index in [0.717, 1.165) is 18.8 Å². The molecule has 1 rings (SSSR count). The van der Waals surface area contributed by atoms with Gasteiger partial charge in [-0.3, -0.25) is 0 Å². The van der Waals surface area contributed by atoms with Gasteiger partial charge in [0.15, 0.2) is 0 Å². The number of alkyl halides is 1. The molecule has 2 atom stereocenters. The zero-order valence-electron chi connectivity index (χ0n) is 9.54. The summed E-state index contributed by atoms with van der Waals surface area (Å²) in [4.78, 5) is 0. The van der Waals surface area contributed by atoms with Crippen molar-refractivity contribution in [2.45, 2.75) is 26.3 Å². The third-order valence-corrected chi connectivity index (χ3v) is 3.31. The van der Waals surface area contributed by atoms with Crippen molar-refractivity contribution < 1.29 is 0 Å². The minimum Gasteiger partial charge on any atom is -0.314 e. The molecule has 2 heteroatoms. The van der Waals surface area contributed by atoms with E-state index >= 15 is 0 Å². The Labute approximate surface area is 97.8 Å². The van der Waals surface area contributed by atoms with E-state index in [4.69, 9.17) is 11.6 Å². The van der Waals surface area contributed by atoms with Crippen LogP contribution in [0.1, 0.15) is 19.4 Å². The Morgan fingerprint density at radius 1 is 1.20 bits per heavy atom. The molecule has 0 aliphatic heterocycles. The van der Waals surface area contributed by atoms with Gasteiger partial charge in [0.2, 0.25) is 0 Å². The molecule has 1 nitrogen and oxygen atoms in total. The fourth-order valence-corrected chi connectivity index (χ4v) is 1.69. The third-order valence-electron chi connectivity index (χ3n) is 2.82. The van der Waals surface area contributed by atoms with Gasteiger partial charge in [0, 0.05) is 11.9 Å². The predicted molar refractivity (Wildman–Crippen MR) is 67.5 cm³/mol. The van der Waals surface area contributed by atoms with Crippen molar-refractivity contribution >= 4 is 11.6 Å². The van der Waals surface area contributed by atoms with Crippen LogP contribution in [0, 0.1) is 5.92 Å². The van der Waals surface area contributed by atoms with Crippen molar-refractivity contribution in [1.29, 1.82) is 0 Å². The molecule has 84 valence electrons. The van der Waals surface area contributed by atoms with E-state index in [2.05, 4.69) is 49.5 Å². The van der Waals surface area contributed by atoms with Gasteiger partial charge in [0.25, 0.3) is 0 Å². The number of rotatable bonds is 6. The van der Waals surface area contributed by atoms with Crippen LogP contribution in [0.3, 0.4) is 0 Å². The Morgan fingerprint density at radius 3 is 2.47 bits per heavy atom. The first-order valence-corrected chi connectivity index (χ1v) is 6.10. The van der Waals surface area contributed by atoms with Gasteiger partial charge in [-0.25, -0.2) is 0 Å². The molecule has 0 amide bonds. The third kappa shape index (κ3) is 4.67. The largest absolute Gasteiger partial charge is 0.314 e. The van der Waals surface area contributed by atoms with Crippen molar-refractivity contribution in [3.63, 3.8) is 0 Å². The van der Waals surface area contributed by atoms with Gasteiger partial charge in [-0.05, 0) is 31.4 Å². The lowest BCUT2D eigenvalue weighted by molar-refractivity contribution is 0.434. The first-order valence-electron chi connectivity index (χ1n) is 5.57. The molecule has 1 N–H and O–H groups in total. The van der Waals surface area contributed by atoms with E-state index in [1.807, 2.05) is 0 Å². The van der Waals surface area contributed by atoms with Gasteiger partial charge in [-0.2, -0.15) is 0 Å². The molecule has 0 aliphatic rings. The van der Waals surface area contributed by atoms with E-state index in [1.165, 1.54) is 5.56 Å². The number of hydrogen-bond acceptors (Lipinski definition) is 1. The Bertz CT molecular complexity index is 260. The molecule has 0 saturated heterocycles. The summed E-state index contributed by atoms with van der Waals surface area (Å²) in [6.07, 6.45) is 1.08. The van der Waals surface area contributed by atoms with Gasteiger partial charge in [0.05, 0.1) is 0 Å². The Morgan fingerprint density at radius 2 is 1.87 bits per heavy atom. The van der Waals surface area contributed by atoms with Gasteiger partial charge >= 0.3 is 0 Å². The maximum absolute atomic E-state index is 5.80. The van der Waals surface area contributed by atoms with E-state index in [0.29, 0.717) is 12.0 Å². The lowest BCUT2D eigenvalue weighted by Crippen LogP contribution is -2.34. The van der Waals surface area contributed by atoms with Crippen LogP contribution >= 0.6 is 11.6 Å². The van der Waals surface area contributed by atoms with Gasteiger partial charge < -0.3 is 5.32 Å². The smallest absolute Gasteiger partial charge is 0.0263 e. The molecular formula is C13H20ClN. The first-order chi connectivity index (χ1) is 7.24. The summed E-state index contributed by atoms with van der Waals surface area (Å²) in [6, 6.07) is 11.0. The predicted octanol–water partition coefficient (Wildman–Crippen LogP) is 3.08. The van der Waals surface area contributed by atoms with E-state index in [-0.39, 0.29) is 0 Å². The molecule has 15 heavy (non-hydrogen) atoms. The van der Waals surface area contributed by atoms with Crippen LogP contribution in [-0.4, -0.2) is 18.5 Å². The van der Waals surface area contributed by atoms with Crippen molar-refractivity contribution in [3.8, 4) is 0 Å². The molecule has 0 radical (unpaired) electrons. The average Bonchev–Trinajstić information content (AvgIpc) is 2.29. The number of benzene rings is 1. The van der Waals surface area contributed by atoms with Crippen LogP contribution in [-0.2, 0) is 6.42 Å². The summed E-state index contributed by atoms with van der Waals surface area (Å²) < 4.78 is 0. The Kier molecular flexibility index (Phi) is 5.74. The molecule has 0 aromatic heterocycles. The summed E-state index contributed by atoms with van der Waals surface area (Å²) in [5, 5.41) is 3.50. The second-order valence-corrected chi connectivity index (χ2v) is 4.42. The van der Waals surface area contributed by atoms with Gasteiger partial charge in [-0.1, -0.05) is 37.3 Å². The van der Waals surface area contributed by atoms with Gasteiger partial charge in [0.1, 0.15) is 0 Å². The SMILES string of the molecule is CC(CCl)C(C)NCCc1ccccc1. The van der Waals surface area contributed by atoms with Crippen LogP contribution < -0.4 is 5.32 Å². The minimum atomic E-state index is 0.492. The summed E-state index contributed by atoms with van der Waals surface area (Å²) >= 11 is 5.80. The molecule has 1 aromatic carbocycles. The quantitative estimate of drug-likeness (QED) is 0.734. The standard InChI is InChI=1S/C13H20ClN/c1-11(10-14)12(2)15-9-8-13-6-4-3-5-7-13/h3-7,11-12,15H,8-10H2,1-2H3. The number of nitrogens with one attached hydrogen (secondary N) is 1. The van der Waals surface area contributed by atoms with E-state index in [1.54, 1.807) is 0 Å². The van der Waals surface area contributed by atoms with Crippen LogP contribution in [0.25, 0.3) is 0 Å². The summed E-state index contributed by atoms with van der Waals surface area (Å²) in [6.45, 7) is 5.39. The fourth-order valence-electron chi connectivity index (χ4n) is 1.42. The average molecular weight is 226 g/mol. The summed E-state index contributed by atoms with van der Waals surface area (Å²) in [5.41, 5.74) is 1.38. The maximum Gasteiger partial charge on any atom is 0.0263 e. The minimum absolute atomic E-state index is 0.492. The summed E-state index contributed by atoms with van der Waals surface area (Å²) in [7, 11) is 0. The monoisotopic (exact) mass is 225 g/mol. The van der Waals surface area contributed by atoms with Crippen LogP contribution in [0.2, 0.25) is 0 Å². The Balaban J connectivity index is 2.22. The molecule has 0 bridgehead atoms. The molecule has 0 fully saturated rings. The Hall–Kier alpha value is -0.530. The molecule has 0 spiro atoms. The highest BCUT2D eigenvalue weighted by atomic mass is 35.5. The van der Waals surface area contributed by atoms with Crippen molar-refractivity contribution in [3.05, 3.63) is 35.9 Å². The van der Waals surface area contributed by atoms with Gasteiger partial charge in [-0.15, -0.1) is 11.6 Å². The van der Waals surface area contributed by atoms with Crippen LogP contribution in [0.15, 0.2) is 30.3 Å². The molecule has 0 aliphatic carbocycles. The first kappa shape index (κ1) is 12.5. The molecule has 2 unspecified atom stereocenters. The number of hydrogen-bond donors (Lipinski definition) is 1. The fraction of sp³-hybridized carbons (Fsp3) is 0.538. The lowest BCUT2D eigenvalue weighted by Gasteiger charge is -2.18. The second-order valence-electron chi connectivity index (χ2n) is 4.11. The van der Waals surface area contributed by atoms with Crippen LogP contribution in [0.4, 0.5) is 0 Å². The maximum atomic E-state index is 5.80. The molecular weight excluding hydrogens is 206 g/mol. The molecule has 0 heterocycles. The van der Waals surface area contributed by atoms with Crippen LogP contribution in [0.5, 0.6) is 0 Å². The highest BCUT2D eigenvalue weighted by Crippen LogP contribution is 2.05. The van der Waals surface area contributed by atoms with Crippen molar-refractivity contribution in [2.75, 3.05) is 12.4 Å². The van der Waals surface area contributed by atoms with E-state index < -0.39 is 0 Å². The topological polar surface area (TPSA) is 12.0 Å². The van der Waals surface area contributed by atoms with Crippen molar-refractivity contribution in [1.82, 2.24) is 5.32 Å². The van der Waals surface area contributed by atoms with Crippen molar-refractivity contribution in [2.24, 2.45) is 5.92 Å². The normalized spacial score (nSPS) is 14.9. The zero-order chi connectivity index (χ0) is 11.1. The second kappa shape index (κ2) is 6.86. The molecule has 1 aromatic rings. The lowest BCUT2D eigenvalue weighted by atomic mass is 10.1. The highest BCUT2D eigenvalue weighted by Gasteiger charge is 2.09. The van der Waals surface area contributed by atoms with E-state index in [9.17, 15) is 0 Å². The zero-order valence-corrected chi connectivity index (χ0v) is 10.3. The molecule has 0 saturated carbocycles. The summed E-state index contributed by atoms with van der Waals surface area (Å²) in [5.74, 6) is 1.25.